The number of aryl methyl sites for hydroxylation is 1. The SMILES string of the molecule is Cc1ccc(O)c(C(=O)OCC(=O)NCCOc2ccccc2)c1. The second-order valence-electron chi connectivity index (χ2n) is 5.11. The number of carbonyl (C=O) groups is 2. The zero-order valence-corrected chi connectivity index (χ0v) is 13.3. The second kappa shape index (κ2) is 8.57. The number of nitrogens with one attached hydrogen (secondary N) is 1. The maximum atomic E-state index is 11.9. The fourth-order valence-electron chi connectivity index (χ4n) is 1.95. The Hall–Kier alpha value is -3.02. The summed E-state index contributed by atoms with van der Waals surface area (Å²) in [5, 5.41) is 12.2. The van der Waals surface area contributed by atoms with E-state index < -0.39 is 18.5 Å². The molecular formula is C18H19NO5. The van der Waals surface area contributed by atoms with Gasteiger partial charge in [-0.25, -0.2) is 4.79 Å². The average molecular weight is 329 g/mol. The first-order chi connectivity index (χ1) is 11.6. The number of hydrogen-bond donors (Lipinski definition) is 2. The summed E-state index contributed by atoms with van der Waals surface area (Å²) in [7, 11) is 0. The zero-order chi connectivity index (χ0) is 17.4. The van der Waals surface area contributed by atoms with Crippen LogP contribution < -0.4 is 10.1 Å². The summed E-state index contributed by atoms with van der Waals surface area (Å²) >= 11 is 0. The van der Waals surface area contributed by atoms with Gasteiger partial charge >= 0.3 is 5.97 Å². The van der Waals surface area contributed by atoms with Crippen molar-refractivity contribution in [2.75, 3.05) is 19.8 Å². The molecule has 2 rings (SSSR count). The number of amides is 1. The van der Waals surface area contributed by atoms with E-state index in [2.05, 4.69) is 5.32 Å². The fraction of sp³-hybridized carbons (Fsp3) is 0.222. The lowest BCUT2D eigenvalue weighted by Gasteiger charge is -2.09. The maximum Gasteiger partial charge on any atom is 0.342 e. The number of phenolic OH excluding ortho intramolecular Hbond substituents is 1. The molecule has 0 radical (unpaired) electrons. The molecule has 0 saturated heterocycles. The molecule has 6 nitrogen and oxygen atoms in total. The quantitative estimate of drug-likeness (QED) is 0.600. The van der Waals surface area contributed by atoms with E-state index in [1.165, 1.54) is 12.1 Å². The topological polar surface area (TPSA) is 84.9 Å². The van der Waals surface area contributed by atoms with Crippen LogP contribution in [-0.4, -0.2) is 36.7 Å². The predicted molar refractivity (Wildman–Crippen MR) is 88.1 cm³/mol. The number of hydrogen-bond acceptors (Lipinski definition) is 5. The Bertz CT molecular complexity index is 700. The Morgan fingerprint density at radius 1 is 1.12 bits per heavy atom. The number of aromatic hydroxyl groups is 1. The standard InChI is InChI=1S/C18H19NO5/c1-13-7-8-16(20)15(11-13)18(22)24-12-17(21)19-9-10-23-14-5-3-2-4-6-14/h2-8,11,20H,9-10,12H2,1H3,(H,19,21). The molecule has 126 valence electrons. The lowest BCUT2D eigenvalue weighted by Crippen LogP contribution is -2.32. The molecule has 0 unspecified atom stereocenters. The fourth-order valence-corrected chi connectivity index (χ4v) is 1.95. The lowest BCUT2D eigenvalue weighted by molar-refractivity contribution is -0.124. The Labute approximate surface area is 140 Å². The van der Waals surface area contributed by atoms with E-state index in [-0.39, 0.29) is 11.3 Å². The largest absolute Gasteiger partial charge is 0.507 e. The summed E-state index contributed by atoms with van der Waals surface area (Å²) in [5.74, 6) is -0.644. The molecule has 0 saturated carbocycles. The van der Waals surface area contributed by atoms with Crippen molar-refractivity contribution in [1.82, 2.24) is 5.32 Å². The van der Waals surface area contributed by atoms with Crippen LogP contribution in [0.2, 0.25) is 0 Å². The smallest absolute Gasteiger partial charge is 0.342 e. The average Bonchev–Trinajstić information content (AvgIpc) is 2.59. The molecule has 0 fully saturated rings. The van der Waals surface area contributed by atoms with Crippen LogP contribution >= 0.6 is 0 Å². The molecule has 0 aromatic heterocycles. The van der Waals surface area contributed by atoms with Gasteiger partial charge in [-0.15, -0.1) is 0 Å². The number of esters is 1. The van der Waals surface area contributed by atoms with Crippen LogP contribution in [0, 0.1) is 6.92 Å². The highest BCUT2D eigenvalue weighted by Gasteiger charge is 2.14. The minimum atomic E-state index is -0.744. The van der Waals surface area contributed by atoms with Crippen molar-refractivity contribution in [2.24, 2.45) is 0 Å². The molecule has 0 aliphatic carbocycles. The first kappa shape index (κ1) is 17.3. The molecule has 0 heterocycles. The third kappa shape index (κ3) is 5.31. The molecule has 0 aliphatic heterocycles. The third-order valence-electron chi connectivity index (χ3n) is 3.14. The highest BCUT2D eigenvalue weighted by atomic mass is 16.5. The molecule has 2 N–H and O–H groups in total. The molecule has 0 bridgehead atoms. The number of carbonyl (C=O) groups excluding carboxylic acids is 2. The van der Waals surface area contributed by atoms with Crippen LogP contribution in [0.4, 0.5) is 0 Å². The van der Waals surface area contributed by atoms with Crippen LogP contribution in [0.5, 0.6) is 11.5 Å². The van der Waals surface area contributed by atoms with Gasteiger partial charge in [0.2, 0.25) is 0 Å². The molecule has 0 atom stereocenters. The molecule has 2 aromatic rings. The Morgan fingerprint density at radius 2 is 1.88 bits per heavy atom. The molecular weight excluding hydrogens is 310 g/mol. The van der Waals surface area contributed by atoms with E-state index in [1.54, 1.807) is 13.0 Å². The second-order valence-corrected chi connectivity index (χ2v) is 5.11. The van der Waals surface area contributed by atoms with Gasteiger partial charge in [0.15, 0.2) is 6.61 Å². The van der Waals surface area contributed by atoms with Gasteiger partial charge in [0.05, 0.1) is 6.54 Å². The Morgan fingerprint density at radius 3 is 2.62 bits per heavy atom. The van der Waals surface area contributed by atoms with Crippen molar-refractivity contribution in [3.63, 3.8) is 0 Å². The van der Waals surface area contributed by atoms with Gasteiger partial charge in [-0.3, -0.25) is 4.79 Å². The highest BCUT2D eigenvalue weighted by Crippen LogP contribution is 2.18. The van der Waals surface area contributed by atoms with E-state index in [0.29, 0.717) is 18.9 Å². The minimum absolute atomic E-state index is 0.0372. The summed E-state index contributed by atoms with van der Waals surface area (Å²) in [6.45, 7) is 1.97. The zero-order valence-electron chi connectivity index (χ0n) is 13.3. The minimum Gasteiger partial charge on any atom is -0.507 e. The number of phenols is 1. The van der Waals surface area contributed by atoms with Crippen LogP contribution in [0.3, 0.4) is 0 Å². The van der Waals surface area contributed by atoms with Crippen LogP contribution in [0.25, 0.3) is 0 Å². The maximum absolute atomic E-state index is 11.9. The first-order valence-corrected chi connectivity index (χ1v) is 7.47. The predicted octanol–water partition coefficient (Wildman–Crippen LogP) is 2.05. The van der Waals surface area contributed by atoms with E-state index >= 15 is 0 Å². The van der Waals surface area contributed by atoms with Crippen LogP contribution in [0.1, 0.15) is 15.9 Å². The Balaban J connectivity index is 1.69. The van der Waals surface area contributed by atoms with Crippen molar-refractivity contribution >= 4 is 11.9 Å². The summed E-state index contributed by atoms with van der Waals surface area (Å²) in [5.41, 5.74) is 0.845. The summed E-state index contributed by atoms with van der Waals surface area (Å²) in [6, 6.07) is 13.8. The first-order valence-electron chi connectivity index (χ1n) is 7.47. The number of benzene rings is 2. The summed E-state index contributed by atoms with van der Waals surface area (Å²) in [6.07, 6.45) is 0. The number of rotatable bonds is 7. The summed E-state index contributed by atoms with van der Waals surface area (Å²) in [4.78, 5) is 23.5. The van der Waals surface area contributed by atoms with Gasteiger partial charge < -0.3 is 19.9 Å². The number of para-hydroxylation sites is 1. The van der Waals surface area contributed by atoms with Gasteiger partial charge in [0.1, 0.15) is 23.7 Å². The molecule has 1 amide bonds. The lowest BCUT2D eigenvalue weighted by atomic mass is 10.1. The molecule has 0 spiro atoms. The van der Waals surface area contributed by atoms with Gasteiger partial charge in [-0.05, 0) is 31.2 Å². The Kier molecular flexibility index (Phi) is 6.19. The van der Waals surface area contributed by atoms with Crippen LogP contribution in [0.15, 0.2) is 48.5 Å². The van der Waals surface area contributed by atoms with Crippen molar-refractivity contribution in [1.29, 1.82) is 0 Å². The molecule has 6 heteroatoms. The van der Waals surface area contributed by atoms with E-state index in [4.69, 9.17) is 9.47 Å². The van der Waals surface area contributed by atoms with Gasteiger partial charge in [-0.1, -0.05) is 29.8 Å². The van der Waals surface area contributed by atoms with Crippen LogP contribution in [-0.2, 0) is 9.53 Å². The molecule has 2 aromatic carbocycles. The van der Waals surface area contributed by atoms with Gasteiger partial charge in [-0.2, -0.15) is 0 Å². The van der Waals surface area contributed by atoms with Crippen molar-refractivity contribution in [3.05, 3.63) is 59.7 Å². The van der Waals surface area contributed by atoms with E-state index in [9.17, 15) is 14.7 Å². The van der Waals surface area contributed by atoms with Gasteiger partial charge in [0.25, 0.3) is 5.91 Å². The van der Waals surface area contributed by atoms with Crippen molar-refractivity contribution < 1.29 is 24.2 Å². The van der Waals surface area contributed by atoms with Gasteiger partial charge in [0, 0.05) is 0 Å². The third-order valence-corrected chi connectivity index (χ3v) is 3.14. The molecule has 24 heavy (non-hydrogen) atoms. The van der Waals surface area contributed by atoms with Crippen molar-refractivity contribution in [2.45, 2.75) is 6.92 Å². The van der Waals surface area contributed by atoms with E-state index in [0.717, 1.165) is 5.56 Å². The molecule has 0 aliphatic rings. The number of ether oxygens (including phenoxy) is 2. The van der Waals surface area contributed by atoms with E-state index in [1.807, 2.05) is 30.3 Å². The monoisotopic (exact) mass is 329 g/mol. The van der Waals surface area contributed by atoms with Crippen molar-refractivity contribution in [3.8, 4) is 11.5 Å². The summed E-state index contributed by atoms with van der Waals surface area (Å²) < 4.78 is 10.3. The normalized spacial score (nSPS) is 10.0. The highest BCUT2D eigenvalue weighted by molar-refractivity contribution is 5.94.